The number of carbonyl (C=O) groups is 2. The number of fused-ring (bicyclic) bond motifs is 1. The number of hydroxylamine groups is 1. The summed E-state index contributed by atoms with van der Waals surface area (Å²) in [5, 5.41) is 11.4. The SMILES string of the molecule is CC(=O)Nc1ccc(C2CN(c3ncc4sc(CN(C)c5ncc(C(=O)NO)cn5)cc4n3)CCO2)cn1. The molecule has 0 radical (unpaired) electrons. The van der Waals surface area contributed by atoms with Crippen molar-refractivity contribution < 1.29 is 19.5 Å². The first-order valence-electron chi connectivity index (χ1n) is 11.7. The van der Waals surface area contributed by atoms with Gasteiger partial charge in [-0.2, -0.15) is 0 Å². The van der Waals surface area contributed by atoms with Crippen molar-refractivity contribution in [2.24, 2.45) is 0 Å². The van der Waals surface area contributed by atoms with Crippen LogP contribution in [0.4, 0.5) is 17.7 Å². The molecule has 1 saturated heterocycles. The van der Waals surface area contributed by atoms with E-state index < -0.39 is 5.91 Å². The topological polar surface area (TPSA) is 159 Å². The van der Waals surface area contributed by atoms with Gasteiger partial charge < -0.3 is 19.9 Å². The minimum atomic E-state index is -0.666. The molecule has 5 heterocycles. The molecule has 0 aliphatic carbocycles. The minimum absolute atomic E-state index is 0.165. The van der Waals surface area contributed by atoms with E-state index in [1.54, 1.807) is 29.1 Å². The summed E-state index contributed by atoms with van der Waals surface area (Å²) in [5.41, 5.74) is 3.49. The molecule has 3 N–H and O–H groups in total. The molecule has 0 spiro atoms. The molecule has 5 rings (SSSR count). The van der Waals surface area contributed by atoms with Gasteiger partial charge in [-0.05, 0) is 12.1 Å². The van der Waals surface area contributed by atoms with E-state index in [1.165, 1.54) is 19.3 Å². The van der Waals surface area contributed by atoms with Crippen molar-refractivity contribution in [3.8, 4) is 0 Å². The van der Waals surface area contributed by atoms with Gasteiger partial charge in [0.1, 0.15) is 11.9 Å². The number of anilines is 3. The minimum Gasteiger partial charge on any atom is -0.370 e. The number of rotatable bonds is 7. The Kier molecular flexibility index (Phi) is 7.35. The molecular weight excluding hydrogens is 510 g/mol. The van der Waals surface area contributed by atoms with Crippen LogP contribution in [-0.2, 0) is 16.1 Å². The summed E-state index contributed by atoms with van der Waals surface area (Å²) in [6.07, 6.45) is 6.07. The Morgan fingerprint density at radius 1 is 1.18 bits per heavy atom. The van der Waals surface area contributed by atoms with Gasteiger partial charge in [0.05, 0.1) is 41.7 Å². The second kappa shape index (κ2) is 11.0. The van der Waals surface area contributed by atoms with Crippen LogP contribution in [0.15, 0.2) is 43.0 Å². The fraction of sp³-hybridized carbons (Fsp3) is 0.292. The van der Waals surface area contributed by atoms with Crippen LogP contribution in [0.2, 0.25) is 0 Å². The molecule has 0 saturated carbocycles. The van der Waals surface area contributed by atoms with Crippen LogP contribution in [-0.4, -0.2) is 68.7 Å². The molecule has 1 atom stereocenters. The highest BCUT2D eigenvalue weighted by Crippen LogP contribution is 2.29. The average molecular weight is 536 g/mol. The quantitative estimate of drug-likeness (QED) is 0.235. The summed E-state index contributed by atoms with van der Waals surface area (Å²) in [5.74, 6) is 0.744. The van der Waals surface area contributed by atoms with Crippen molar-refractivity contribution >= 4 is 51.1 Å². The van der Waals surface area contributed by atoms with Crippen LogP contribution >= 0.6 is 11.3 Å². The number of pyridine rings is 1. The molecule has 38 heavy (non-hydrogen) atoms. The number of hydrogen-bond donors (Lipinski definition) is 3. The molecule has 0 aromatic carbocycles. The number of morpholine rings is 1. The van der Waals surface area contributed by atoms with Crippen LogP contribution in [0.1, 0.15) is 33.8 Å². The van der Waals surface area contributed by atoms with E-state index in [2.05, 4.69) is 30.2 Å². The van der Waals surface area contributed by atoms with Crippen molar-refractivity contribution in [2.45, 2.75) is 19.6 Å². The molecule has 14 heteroatoms. The predicted octanol–water partition coefficient (Wildman–Crippen LogP) is 2.17. The lowest BCUT2D eigenvalue weighted by Gasteiger charge is -2.33. The third-order valence-corrected chi connectivity index (χ3v) is 6.90. The lowest BCUT2D eigenvalue weighted by Crippen LogP contribution is -2.39. The van der Waals surface area contributed by atoms with E-state index in [4.69, 9.17) is 14.9 Å². The number of carbonyl (C=O) groups excluding carboxylic acids is 2. The van der Waals surface area contributed by atoms with Gasteiger partial charge >= 0.3 is 0 Å². The van der Waals surface area contributed by atoms with Crippen molar-refractivity contribution in [2.75, 3.05) is 41.9 Å². The summed E-state index contributed by atoms with van der Waals surface area (Å²) >= 11 is 1.59. The Labute approximate surface area is 221 Å². The largest absolute Gasteiger partial charge is 0.370 e. The molecule has 0 bridgehead atoms. The van der Waals surface area contributed by atoms with Gasteiger partial charge in [0.25, 0.3) is 5.91 Å². The van der Waals surface area contributed by atoms with E-state index in [0.717, 1.165) is 20.7 Å². The van der Waals surface area contributed by atoms with Crippen LogP contribution in [0.5, 0.6) is 0 Å². The van der Waals surface area contributed by atoms with Gasteiger partial charge in [0, 0.05) is 49.5 Å². The second-order valence-electron chi connectivity index (χ2n) is 8.66. The van der Waals surface area contributed by atoms with Gasteiger partial charge in [0.15, 0.2) is 0 Å². The number of hydrogen-bond acceptors (Lipinski definition) is 12. The number of amides is 2. The zero-order valence-corrected chi connectivity index (χ0v) is 21.5. The highest BCUT2D eigenvalue weighted by molar-refractivity contribution is 7.19. The molecule has 1 unspecified atom stereocenters. The monoisotopic (exact) mass is 535 g/mol. The lowest BCUT2D eigenvalue weighted by atomic mass is 10.1. The first-order valence-corrected chi connectivity index (χ1v) is 12.5. The first-order chi connectivity index (χ1) is 18.4. The molecule has 4 aromatic rings. The smallest absolute Gasteiger partial charge is 0.277 e. The van der Waals surface area contributed by atoms with Crippen molar-refractivity contribution in [3.05, 3.63) is 59.0 Å². The van der Waals surface area contributed by atoms with Gasteiger partial charge in [-0.15, -0.1) is 11.3 Å². The summed E-state index contributed by atoms with van der Waals surface area (Å²) in [6.45, 7) is 3.76. The maximum atomic E-state index is 11.5. The third kappa shape index (κ3) is 5.66. The van der Waals surface area contributed by atoms with E-state index in [1.807, 2.05) is 30.3 Å². The fourth-order valence-electron chi connectivity index (χ4n) is 4.00. The van der Waals surface area contributed by atoms with Gasteiger partial charge in [-0.3, -0.25) is 14.8 Å². The average Bonchev–Trinajstić information content (AvgIpc) is 3.34. The van der Waals surface area contributed by atoms with Crippen LogP contribution in [0, 0.1) is 0 Å². The number of ether oxygens (including phenoxy) is 1. The van der Waals surface area contributed by atoms with Gasteiger partial charge in [-0.1, -0.05) is 6.07 Å². The normalized spacial score (nSPS) is 15.3. The van der Waals surface area contributed by atoms with Gasteiger partial charge in [-0.25, -0.2) is 30.4 Å². The highest BCUT2D eigenvalue weighted by atomic mass is 32.1. The molecule has 2 amide bonds. The zero-order chi connectivity index (χ0) is 26.6. The number of thiophene rings is 1. The first kappa shape index (κ1) is 25.4. The fourth-order valence-corrected chi connectivity index (χ4v) is 5.02. The van der Waals surface area contributed by atoms with E-state index in [0.29, 0.717) is 44.0 Å². The Morgan fingerprint density at radius 3 is 2.71 bits per heavy atom. The number of aromatic nitrogens is 5. The van der Waals surface area contributed by atoms with Crippen LogP contribution in [0.25, 0.3) is 10.2 Å². The molecule has 1 aliphatic heterocycles. The van der Waals surface area contributed by atoms with Crippen LogP contribution in [0.3, 0.4) is 0 Å². The zero-order valence-electron chi connectivity index (χ0n) is 20.7. The number of nitrogens with one attached hydrogen (secondary N) is 2. The molecule has 1 fully saturated rings. The van der Waals surface area contributed by atoms with E-state index in [9.17, 15) is 9.59 Å². The molecule has 13 nitrogen and oxygen atoms in total. The van der Waals surface area contributed by atoms with Crippen LogP contribution < -0.4 is 20.6 Å². The van der Waals surface area contributed by atoms with E-state index in [-0.39, 0.29) is 17.6 Å². The Balaban J connectivity index is 1.26. The maximum absolute atomic E-state index is 11.5. The summed E-state index contributed by atoms with van der Waals surface area (Å²) in [4.78, 5) is 49.8. The molecule has 1 aliphatic rings. The molecular formula is C24H25N9O4S. The lowest BCUT2D eigenvalue weighted by molar-refractivity contribution is -0.114. The Bertz CT molecular complexity index is 1450. The van der Waals surface area contributed by atoms with Gasteiger partial charge in [0.2, 0.25) is 17.8 Å². The summed E-state index contributed by atoms with van der Waals surface area (Å²) < 4.78 is 6.93. The summed E-state index contributed by atoms with van der Waals surface area (Å²) in [7, 11) is 1.86. The van der Waals surface area contributed by atoms with Crippen molar-refractivity contribution in [1.82, 2.24) is 30.4 Å². The second-order valence-corrected chi connectivity index (χ2v) is 9.83. The standard InChI is InChI=1S/C24H25N9O4S/c1-14(34)29-21-4-3-15(8-25-21)19-13-33(5-6-37-19)24-28-11-20-18(30-24)7-17(38-20)12-32(2)23-26-9-16(10-27-23)22(35)31-36/h3-4,7-11,19,36H,5-6,12-13H2,1-2H3,(H,31,35)(H,25,29,34). The van der Waals surface area contributed by atoms with E-state index >= 15 is 0 Å². The molecule has 196 valence electrons. The Morgan fingerprint density at radius 2 is 2.00 bits per heavy atom. The van der Waals surface area contributed by atoms with Crippen molar-refractivity contribution in [3.63, 3.8) is 0 Å². The summed E-state index contributed by atoms with van der Waals surface area (Å²) in [6, 6.07) is 5.69. The third-order valence-electron chi connectivity index (χ3n) is 5.86. The predicted molar refractivity (Wildman–Crippen MR) is 140 cm³/mol. The molecule has 4 aromatic heterocycles. The number of nitrogens with zero attached hydrogens (tertiary/aromatic N) is 7. The Hall–Kier alpha value is -4.27. The van der Waals surface area contributed by atoms with Crippen molar-refractivity contribution in [1.29, 1.82) is 0 Å². The highest BCUT2D eigenvalue weighted by Gasteiger charge is 2.24. The maximum Gasteiger partial charge on any atom is 0.277 e.